The third kappa shape index (κ3) is 4.25. The average molecular weight is 376 g/mol. The fourth-order valence-electron chi connectivity index (χ4n) is 3.84. The number of likely N-dealkylation sites (tertiary alicyclic amines) is 1. The van der Waals surface area contributed by atoms with Gasteiger partial charge in [-0.15, -0.1) is 0 Å². The molecular formula is C20H26F2N4O. The second kappa shape index (κ2) is 8.27. The maximum atomic E-state index is 14.6. The quantitative estimate of drug-likeness (QED) is 0.787. The Morgan fingerprint density at radius 2 is 2.04 bits per heavy atom. The standard InChI is InChI=1S/C20H26F2N4O/c1-3-4-16-7-9-25(10-8-16)15(2)20(27,12-26-14-23-13-24-26)18-6-5-17(21)11-19(18)22/h4-6,11,13-15,27H,3,7-10,12H2,1-2H3/t15-,20-/m1/s1. The minimum Gasteiger partial charge on any atom is -0.381 e. The highest BCUT2D eigenvalue weighted by Gasteiger charge is 2.42. The van der Waals surface area contributed by atoms with Gasteiger partial charge in [-0.05, 0) is 32.3 Å². The highest BCUT2D eigenvalue weighted by Crippen LogP contribution is 2.34. The van der Waals surface area contributed by atoms with Gasteiger partial charge in [0.15, 0.2) is 0 Å². The second-order valence-electron chi connectivity index (χ2n) is 7.12. The van der Waals surface area contributed by atoms with E-state index in [-0.39, 0.29) is 18.2 Å². The van der Waals surface area contributed by atoms with E-state index in [0.717, 1.165) is 38.4 Å². The monoisotopic (exact) mass is 376 g/mol. The number of rotatable bonds is 6. The van der Waals surface area contributed by atoms with Crippen LogP contribution in [0.3, 0.4) is 0 Å². The molecular weight excluding hydrogens is 350 g/mol. The first-order valence-electron chi connectivity index (χ1n) is 9.36. The predicted octanol–water partition coefficient (Wildman–Crippen LogP) is 3.26. The van der Waals surface area contributed by atoms with E-state index < -0.39 is 17.2 Å². The van der Waals surface area contributed by atoms with E-state index in [2.05, 4.69) is 28.0 Å². The van der Waals surface area contributed by atoms with Gasteiger partial charge in [0.2, 0.25) is 0 Å². The summed E-state index contributed by atoms with van der Waals surface area (Å²) in [6, 6.07) is 2.93. The number of aromatic nitrogens is 3. The van der Waals surface area contributed by atoms with Gasteiger partial charge >= 0.3 is 0 Å². The summed E-state index contributed by atoms with van der Waals surface area (Å²) in [5, 5.41) is 15.7. The highest BCUT2D eigenvalue weighted by atomic mass is 19.1. The fourth-order valence-corrected chi connectivity index (χ4v) is 3.84. The molecule has 0 saturated carbocycles. The molecule has 1 saturated heterocycles. The normalized spacial score (nSPS) is 18.9. The summed E-state index contributed by atoms with van der Waals surface area (Å²) in [4.78, 5) is 6.06. The first-order chi connectivity index (χ1) is 12.9. The van der Waals surface area contributed by atoms with Crippen molar-refractivity contribution in [3.8, 4) is 0 Å². The van der Waals surface area contributed by atoms with E-state index in [1.807, 2.05) is 6.92 Å². The molecule has 2 atom stereocenters. The summed E-state index contributed by atoms with van der Waals surface area (Å²) in [5.74, 6) is -1.42. The molecule has 146 valence electrons. The van der Waals surface area contributed by atoms with Crippen LogP contribution in [0.25, 0.3) is 0 Å². The van der Waals surface area contributed by atoms with Crippen LogP contribution in [0, 0.1) is 11.6 Å². The van der Waals surface area contributed by atoms with Crippen molar-refractivity contribution < 1.29 is 13.9 Å². The van der Waals surface area contributed by atoms with Crippen molar-refractivity contribution in [2.24, 2.45) is 0 Å². The highest BCUT2D eigenvalue weighted by molar-refractivity contribution is 5.27. The van der Waals surface area contributed by atoms with Crippen molar-refractivity contribution in [2.75, 3.05) is 13.1 Å². The number of allylic oxidation sites excluding steroid dienone is 1. The largest absolute Gasteiger partial charge is 0.381 e. The zero-order valence-electron chi connectivity index (χ0n) is 15.8. The van der Waals surface area contributed by atoms with E-state index in [4.69, 9.17) is 0 Å². The topological polar surface area (TPSA) is 54.2 Å². The average Bonchev–Trinajstić information content (AvgIpc) is 3.14. The zero-order valence-corrected chi connectivity index (χ0v) is 15.8. The minimum absolute atomic E-state index is 0.0326. The van der Waals surface area contributed by atoms with Crippen LogP contribution in [0.4, 0.5) is 8.78 Å². The Kier molecular flexibility index (Phi) is 6.01. The molecule has 1 aliphatic rings. The summed E-state index contributed by atoms with van der Waals surface area (Å²) in [5.41, 5.74) is -0.0761. The van der Waals surface area contributed by atoms with Gasteiger partial charge in [0, 0.05) is 30.8 Å². The number of hydrogen-bond donors (Lipinski definition) is 1. The van der Waals surface area contributed by atoms with Crippen molar-refractivity contribution in [1.29, 1.82) is 0 Å². The van der Waals surface area contributed by atoms with Crippen molar-refractivity contribution in [3.63, 3.8) is 0 Å². The van der Waals surface area contributed by atoms with Crippen LogP contribution in [0.15, 0.2) is 42.5 Å². The molecule has 0 bridgehead atoms. The zero-order chi connectivity index (χ0) is 19.4. The first kappa shape index (κ1) is 19.6. The molecule has 7 heteroatoms. The Bertz CT molecular complexity index is 783. The van der Waals surface area contributed by atoms with Gasteiger partial charge in [0.1, 0.15) is 29.9 Å². The third-order valence-electron chi connectivity index (χ3n) is 5.44. The number of halogens is 2. The van der Waals surface area contributed by atoms with Crippen LogP contribution in [0.2, 0.25) is 0 Å². The SMILES string of the molecule is CCC=C1CCN([C@H](C)[C@](O)(Cn2cncn2)c2ccc(F)cc2F)CC1. The Balaban J connectivity index is 1.91. The van der Waals surface area contributed by atoms with Crippen LogP contribution in [-0.2, 0) is 12.1 Å². The summed E-state index contributed by atoms with van der Waals surface area (Å²) in [6.45, 7) is 5.61. The molecule has 2 heterocycles. The Morgan fingerprint density at radius 3 is 2.63 bits per heavy atom. The van der Waals surface area contributed by atoms with Gasteiger partial charge in [0.25, 0.3) is 0 Å². The lowest BCUT2D eigenvalue weighted by Gasteiger charge is -2.43. The van der Waals surface area contributed by atoms with Gasteiger partial charge in [-0.2, -0.15) is 5.10 Å². The number of aliphatic hydroxyl groups is 1. The molecule has 1 aromatic carbocycles. The van der Waals surface area contributed by atoms with Crippen molar-refractivity contribution in [1.82, 2.24) is 19.7 Å². The minimum atomic E-state index is -1.57. The maximum Gasteiger partial charge on any atom is 0.137 e. The molecule has 3 rings (SSSR count). The molecule has 0 aliphatic carbocycles. The summed E-state index contributed by atoms with van der Waals surface area (Å²) in [7, 11) is 0. The van der Waals surface area contributed by atoms with Crippen molar-refractivity contribution >= 4 is 0 Å². The van der Waals surface area contributed by atoms with E-state index in [1.54, 1.807) is 0 Å². The lowest BCUT2D eigenvalue weighted by Crippen LogP contribution is -2.53. The number of nitrogens with zero attached hydrogens (tertiary/aromatic N) is 4. The van der Waals surface area contributed by atoms with Gasteiger partial charge in [0.05, 0.1) is 6.54 Å². The molecule has 27 heavy (non-hydrogen) atoms. The predicted molar refractivity (Wildman–Crippen MR) is 98.9 cm³/mol. The van der Waals surface area contributed by atoms with Gasteiger partial charge < -0.3 is 5.11 Å². The summed E-state index contributed by atoms with van der Waals surface area (Å²) in [6.07, 6.45) is 7.99. The van der Waals surface area contributed by atoms with E-state index >= 15 is 0 Å². The Morgan fingerprint density at radius 1 is 1.30 bits per heavy atom. The fraction of sp³-hybridized carbons (Fsp3) is 0.500. The Hall–Kier alpha value is -2.12. The molecule has 2 aromatic rings. The second-order valence-corrected chi connectivity index (χ2v) is 7.12. The number of benzene rings is 1. The van der Waals surface area contributed by atoms with E-state index in [0.29, 0.717) is 0 Å². The number of hydrogen-bond acceptors (Lipinski definition) is 4. The Labute approximate surface area is 158 Å². The first-order valence-corrected chi connectivity index (χ1v) is 9.36. The van der Waals surface area contributed by atoms with Gasteiger partial charge in [-0.1, -0.05) is 24.6 Å². The van der Waals surface area contributed by atoms with Crippen LogP contribution in [-0.4, -0.2) is 43.9 Å². The molecule has 1 aliphatic heterocycles. The van der Waals surface area contributed by atoms with Crippen LogP contribution < -0.4 is 0 Å². The van der Waals surface area contributed by atoms with Gasteiger partial charge in [-0.25, -0.2) is 18.4 Å². The smallest absolute Gasteiger partial charge is 0.137 e. The third-order valence-corrected chi connectivity index (χ3v) is 5.44. The molecule has 0 amide bonds. The van der Waals surface area contributed by atoms with E-state index in [1.165, 1.54) is 35.0 Å². The molecule has 1 N–H and O–H groups in total. The summed E-state index contributed by atoms with van der Waals surface area (Å²) >= 11 is 0. The summed E-state index contributed by atoms with van der Waals surface area (Å²) < 4.78 is 29.5. The molecule has 1 aromatic heterocycles. The molecule has 0 unspecified atom stereocenters. The van der Waals surface area contributed by atoms with Crippen molar-refractivity contribution in [2.45, 2.75) is 51.3 Å². The van der Waals surface area contributed by atoms with Crippen LogP contribution >= 0.6 is 0 Å². The van der Waals surface area contributed by atoms with Crippen LogP contribution in [0.5, 0.6) is 0 Å². The molecule has 0 spiro atoms. The van der Waals surface area contributed by atoms with Gasteiger partial charge in [-0.3, -0.25) is 4.90 Å². The number of piperidine rings is 1. The van der Waals surface area contributed by atoms with Crippen LogP contribution in [0.1, 0.15) is 38.7 Å². The molecule has 5 nitrogen and oxygen atoms in total. The maximum absolute atomic E-state index is 14.6. The molecule has 0 radical (unpaired) electrons. The van der Waals surface area contributed by atoms with E-state index in [9.17, 15) is 13.9 Å². The lowest BCUT2D eigenvalue weighted by molar-refractivity contribution is -0.0657. The molecule has 1 fully saturated rings. The van der Waals surface area contributed by atoms with Crippen molar-refractivity contribution in [3.05, 3.63) is 59.7 Å². The lowest BCUT2D eigenvalue weighted by atomic mass is 9.84.